The van der Waals surface area contributed by atoms with Crippen LogP contribution in [0.4, 0.5) is 0 Å². The van der Waals surface area contributed by atoms with Gasteiger partial charge in [-0.1, -0.05) is 53.2 Å². The number of carboxylic acid groups (broad SMARTS) is 1. The van der Waals surface area contributed by atoms with Crippen molar-refractivity contribution in [2.24, 2.45) is 0 Å². The first-order chi connectivity index (χ1) is 15.0. The zero-order valence-corrected chi connectivity index (χ0v) is 18.2. The van der Waals surface area contributed by atoms with Crippen molar-refractivity contribution in [1.29, 1.82) is 0 Å². The number of nitrogens with one attached hydrogen (secondary N) is 1. The Kier molecular flexibility index (Phi) is 6.50. The van der Waals surface area contributed by atoms with Crippen LogP contribution in [0.3, 0.4) is 0 Å². The van der Waals surface area contributed by atoms with Gasteiger partial charge in [-0.15, -0.1) is 5.10 Å². The summed E-state index contributed by atoms with van der Waals surface area (Å²) in [4.78, 5) is 14.9. The second-order valence-corrected chi connectivity index (χ2v) is 8.13. The van der Waals surface area contributed by atoms with Crippen LogP contribution in [0, 0.1) is 0 Å². The van der Waals surface area contributed by atoms with E-state index in [-0.39, 0.29) is 5.75 Å². The highest BCUT2D eigenvalue weighted by molar-refractivity contribution is 7.99. The van der Waals surface area contributed by atoms with Crippen molar-refractivity contribution < 1.29 is 19.1 Å². The highest BCUT2D eigenvalue weighted by atomic mass is 35.5. The first-order valence-corrected chi connectivity index (χ1v) is 10.8. The van der Waals surface area contributed by atoms with E-state index in [2.05, 4.69) is 15.2 Å². The van der Waals surface area contributed by atoms with Crippen LogP contribution >= 0.6 is 35.0 Å². The van der Waals surface area contributed by atoms with Gasteiger partial charge in [-0.05, 0) is 42.0 Å². The van der Waals surface area contributed by atoms with Gasteiger partial charge in [-0.3, -0.25) is 9.89 Å². The van der Waals surface area contributed by atoms with Gasteiger partial charge in [0.25, 0.3) is 0 Å². The molecule has 0 amide bonds. The van der Waals surface area contributed by atoms with Gasteiger partial charge in [-0.2, -0.15) is 4.98 Å². The number of hydrogen-bond donors (Lipinski definition) is 2. The lowest BCUT2D eigenvalue weighted by Gasteiger charge is -2.08. The Morgan fingerprint density at radius 3 is 2.74 bits per heavy atom. The van der Waals surface area contributed by atoms with Gasteiger partial charge < -0.3 is 14.3 Å². The molecule has 10 heteroatoms. The van der Waals surface area contributed by atoms with Gasteiger partial charge in [0.15, 0.2) is 11.6 Å². The zero-order chi connectivity index (χ0) is 21.8. The van der Waals surface area contributed by atoms with E-state index in [0.29, 0.717) is 44.9 Å². The molecule has 0 aliphatic carbocycles. The molecule has 0 saturated heterocycles. The molecule has 0 bridgehead atoms. The molecule has 7 nitrogen and oxygen atoms in total. The third kappa shape index (κ3) is 5.41. The van der Waals surface area contributed by atoms with E-state index in [4.69, 9.17) is 37.5 Å². The second-order valence-electron chi connectivity index (χ2n) is 6.38. The lowest BCUT2D eigenvalue weighted by atomic mass is 10.1. The standard InChI is InChI=1S/C21H15Cl2N3O4S/c22-15-5-4-12(8-16(15)23)10-29-14-3-1-2-13(9-14)17-6-7-18(30-17)20-24-21(26-25-20)31-11-19(27)28/h1-9H,10-11H2,(H,27,28)(H,24,25,26). The molecule has 2 heterocycles. The average Bonchev–Trinajstić information content (AvgIpc) is 3.43. The highest BCUT2D eigenvalue weighted by Gasteiger charge is 2.13. The fraction of sp³-hybridized carbons (Fsp3) is 0.0952. The van der Waals surface area contributed by atoms with E-state index >= 15 is 0 Å². The monoisotopic (exact) mass is 475 g/mol. The molecule has 0 aliphatic heterocycles. The number of H-pyrrole nitrogens is 1. The lowest BCUT2D eigenvalue weighted by molar-refractivity contribution is -0.133. The van der Waals surface area contributed by atoms with Gasteiger partial charge in [0, 0.05) is 5.56 Å². The van der Waals surface area contributed by atoms with Crippen molar-refractivity contribution in [3.05, 3.63) is 70.2 Å². The Morgan fingerprint density at radius 2 is 1.94 bits per heavy atom. The number of furan rings is 1. The van der Waals surface area contributed by atoms with Crippen molar-refractivity contribution in [2.75, 3.05) is 5.75 Å². The SMILES string of the molecule is O=C(O)CSc1n[nH]c(-c2ccc(-c3cccc(OCc4ccc(Cl)c(Cl)c4)c3)o2)n1. The van der Waals surface area contributed by atoms with Crippen molar-refractivity contribution in [1.82, 2.24) is 15.2 Å². The minimum Gasteiger partial charge on any atom is -0.489 e. The van der Waals surface area contributed by atoms with Crippen LogP contribution < -0.4 is 4.74 Å². The number of hydrogen-bond acceptors (Lipinski definition) is 6. The van der Waals surface area contributed by atoms with Crippen LogP contribution in [0.25, 0.3) is 22.9 Å². The van der Waals surface area contributed by atoms with E-state index in [1.165, 1.54) is 0 Å². The third-order valence-electron chi connectivity index (χ3n) is 4.14. The van der Waals surface area contributed by atoms with Gasteiger partial charge in [0.05, 0.1) is 15.8 Å². The minimum absolute atomic E-state index is 0.115. The van der Waals surface area contributed by atoms with Gasteiger partial charge in [0.1, 0.15) is 18.1 Å². The van der Waals surface area contributed by atoms with Crippen LogP contribution in [-0.4, -0.2) is 32.0 Å². The molecule has 0 fully saturated rings. The predicted molar refractivity (Wildman–Crippen MR) is 119 cm³/mol. The number of nitrogens with zero attached hydrogens (tertiary/aromatic N) is 2. The summed E-state index contributed by atoms with van der Waals surface area (Å²) in [7, 11) is 0. The topological polar surface area (TPSA) is 101 Å². The molecule has 0 spiro atoms. The molecule has 2 N–H and O–H groups in total. The molecule has 0 radical (unpaired) electrons. The van der Waals surface area contributed by atoms with Crippen LogP contribution in [0.1, 0.15) is 5.56 Å². The molecule has 0 aliphatic rings. The summed E-state index contributed by atoms with van der Waals surface area (Å²) in [5, 5.41) is 16.8. The first-order valence-electron chi connectivity index (χ1n) is 9.02. The summed E-state index contributed by atoms with van der Waals surface area (Å²) in [6.07, 6.45) is 0. The normalized spacial score (nSPS) is 10.9. The molecule has 0 atom stereocenters. The Morgan fingerprint density at radius 1 is 1.10 bits per heavy atom. The molecule has 158 valence electrons. The quantitative estimate of drug-likeness (QED) is 0.310. The van der Waals surface area contributed by atoms with Crippen molar-refractivity contribution in [2.45, 2.75) is 11.8 Å². The fourth-order valence-corrected chi connectivity index (χ4v) is 3.54. The van der Waals surface area contributed by atoms with E-state index in [0.717, 1.165) is 22.9 Å². The molecule has 0 saturated carbocycles. The summed E-state index contributed by atoms with van der Waals surface area (Å²) in [5.74, 6) is 1.17. The number of benzene rings is 2. The summed E-state index contributed by atoms with van der Waals surface area (Å²) < 4.78 is 11.8. The number of carbonyl (C=O) groups is 1. The number of aromatic nitrogens is 3. The number of halogens is 2. The summed E-state index contributed by atoms with van der Waals surface area (Å²) in [6.45, 7) is 0.346. The summed E-state index contributed by atoms with van der Waals surface area (Å²) >= 11 is 13.0. The van der Waals surface area contributed by atoms with Gasteiger partial charge in [0.2, 0.25) is 5.16 Å². The molecule has 2 aromatic carbocycles. The first kappa shape index (κ1) is 21.3. The Hall–Kier alpha value is -2.94. The summed E-state index contributed by atoms with van der Waals surface area (Å²) in [5.41, 5.74) is 1.74. The number of thioether (sulfide) groups is 1. The smallest absolute Gasteiger partial charge is 0.313 e. The number of rotatable bonds is 8. The van der Waals surface area contributed by atoms with E-state index in [9.17, 15) is 4.79 Å². The molecular formula is C21H15Cl2N3O4S. The highest BCUT2D eigenvalue weighted by Crippen LogP contribution is 2.30. The van der Waals surface area contributed by atoms with Crippen LogP contribution in [-0.2, 0) is 11.4 Å². The van der Waals surface area contributed by atoms with Gasteiger partial charge in [-0.25, -0.2) is 0 Å². The van der Waals surface area contributed by atoms with E-state index in [1.807, 2.05) is 36.4 Å². The van der Waals surface area contributed by atoms with Gasteiger partial charge >= 0.3 is 5.97 Å². The molecular weight excluding hydrogens is 461 g/mol. The Labute approximate surface area is 191 Å². The number of ether oxygens (including phenoxy) is 1. The second kappa shape index (κ2) is 9.47. The van der Waals surface area contributed by atoms with Crippen molar-refractivity contribution in [3.63, 3.8) is 0 Å². The molecule has 4 aromatic rings. The van der Waals surface area contributed by atoms with Crippen LogP contribution in [0.2, 0.25) is 10.0 Å². The van der Waals surface area contributed by atoms with Crippen LogP contribution in [0.15, 0.2) is 64.2 Å². The third-order valence-corrected chi connectivity index (χ3v) is 5.71. The van der Waals surface area contributed by atoms with E-state index in [1.54, 1.807) is 18.2 Å². The predicted octanol–water partition coefficient (Wildman–Crippen LogP) is 5.79. The Balaban J connectivity index is 1.45. The molecule has 0 unspecified atom stereocenters. The number of carboxylic acids is 1. The fourth-order valence-electron chi connectivity index (χ4n) is 2.70. The number of aromatic amines is 1. The molecule has 2 aromatic heterocycles. The maximum Gasteiger partial charge on any atom is 0.313 e. The summed E-state index contributed by atoms with van der Waals surface area (Å²) in [6, 6.07) is 16.5. The maximum absolute atomic E-state index is 10.7. The van der Waals surface area contributed by atoms with Crippen molar-refractivity contribution >= 4 is 40.9 Å². The minimum atomic E-state index is -0.933. The van der Waals surface area contributed by atoms with E-state index < -0.39 is 5.97 Å². The Bertz CT molecular complexity index is 1220. The maximum atomic E-state index is 10.7. The lowest BCUT2D eigenvalue weighted by Crippen LogP contribution is -1.97. The largest absolute Gasteiger partial charge is 0.489 e. The van der Waals surface area contributed by atoms with Crippen molar-refractivity contribution in [3.8, 4) is 28.7 Å². The van der Waals surface area contributed by atoms with Crippen LogP contribution in [0.5, 0.6) is 5.75 Å². The zero-order valence-electron chi connectivity index (χ0n) is 15.8. The average molecular weight is 476 g/mol. The molecule has 31 heavy (non-hydrogen) atoms. The number of aliphatic carboxylic acids is 1. The molecule has 4 rings (SSSR count).